The zero-order valence-electron chi connectivity index (χ0n) is 6.89. The van der Waals surface area contributed by atoms with Crippen molar-refractivity contribution in [1.82, 2.24) is 0 Å². The third-order valence-electron chi connectivity index (χ3n) is 1.58. The van der Waals surface area contributed by atoms with E-state index in [1.54, 1.807) is 0 Å². The number of aromatic hydroxyl groups is 1. The fourth-order valence-corrected chi connectivity index (χ4v) is 0.867. The van der Waals surface area contributed by atoms with Crippen molar-refractivity contribution in [3.8, 4) is 5.75 Å². The number of hydrogen-bond acceptors (Lipinski definition) is 1. The standard InChI is InChI=1S/C9H11O.Y/c1-3-8-4-5-9(10)7(2)6-8;/h4,6,10H,3H2,1-2H3;/q-1;. The Hall–Kier alpha value is 0.124. The van der Waals surface area contributed by atoms with Crippen molar-refractivity contribution in [3.05, 3.63) is 29.3 Å². The van der Waals surface area contributed by atoms with Crippen molar-refractivity contribution in [1.29, 1.82) is 0 Å². The van der Waals surface area contributed by atoms with Gasteiger partial charge in [0.05, 0.1) is 0 Å². The van der Waals surface area contributed by atoms with Crippen molar-refractivity contribution >= 4 is 0 Å². The van der Waals surface area contributed by atoms with E-state index < -0.39 is 0 Å². The van der Waals surface area contributed by atoms with E-state index in [0.717, 1.165) is 12.0 Å². The van der Waals surface area contributed by atoms with Crippen LogP contribution in [-0.4, -0.2) is 5.11 Å². The molecule has 0 aliphatic heterocycles. The first-order valence-corrected chi connectivity index (χ1v) is 3.44. The molecule has 1 aromatic carbocycles. The van der Waals surface area contributed by atoms with E-state index in [2.05, 4.69) is 13.0 Å². The predicted molar refractivity (Wildman–Crippen MR) is 41.1 cm³/mol. The average molecular weight is 224 g/mol. The molecule has 0 fully saturated rings. The Morgan fingerprint density at radius 2 is 2.18 bits per heavy atom. The van der Waals surface area contributed by atoms with Gasteiger partial charge in [-0.15, -0.1) is 11.6 Å². The van der Waals surface area contributed by atoms with Gasteiger partial charge >= 0.3 is 0 Å². The summed E-state index contributed by atoms with van der Waals surface area (Å²) >= 11 is 0. The topological polar surface area (TPSA) is 20.2 Å². The molecular formula is C9H11OY-. The van der Waals surface area contributed by atoms with Gasteiger partial charge in [0, 0.05) is 38.5 Å². The van der Waals surface area contributed by atoms with E-state index in [1.165, 1.54) is 5.56 Å². The van der Waals surface area contributed by atoms with Crippen LogP contribution in [0.15, 0.2) is 12.1 Å². The number of aryl methyl sites for hydroxylation is 2. The van der Waals surface area contributed by atoms with E-state index >= 15 is 0 Å². The van der Waals surface area contributed by atoms with Crippen molar-refractivity contribution in [3.63, 3.8) is 0 Å². The van der Waals surface area contributed by atoms with Crippen LogP contribution in [0.2, 0.25) is 0 Å². The van der Waals surface area contributed by atoms with Crippen LogP contribution in [0.4, 0.5) is 0 Å². The second-order valence-corrected chi connectivity index (χ2v) is 2.39. The van der Waals surface area contributed by atoms with Crippen molar-refractivity contribution < 1.29 is 37.8 Å². The van der Waals surface area contributed by atoms with Gasteiger partial charge in [-0.05, 0) is 0 Å². The molecule has 0 spiro atoms. The molecule has 1 nitrogen and oxygen atoms in total. The minimum atomic E-state index is 0. The first-order chi connectivity index (χ1) is 4.74. The van der Waals surface area contributed by atoms with Crippen LogP contribution in [-0.2, 0) is 39.1 Å². The number of rotatable bonds is 1. The maximum absolute atomic E-state index is 9.08. The van der Waals surface area contributed by atoms with Gasteiger partial charge in [0.15, 0.2) is 0 Å². The molecule has 0 amide bonds. The number of hydrogen-bond donors (Lipinski definition) is 1. The summed E-state index contributed by atoms with van der Waals surface area (Å²) in [6, 6.07) is 6.57. The molecule has 0 unspecified atom stereocenters. The van der Waals surface area contributed by atoms with E-state index in [1.807, 2.05) is 19.1 Å². The normalized spacial score (nSPS) is 8.91. The maximum Gasteiger partial charge on any atom is 0.00685 e. The summed E-state index contributed by atoms with van der Waals surface area (Å²) in [5.74, 6) is 0.261. The van der Waals surface area contributed by atoms with Gasteiger partial charge in [0.1, 0.15) is 0 Å². The van der Waals surface area contributed by atoms with E-state index in [9.17, 15) is 0 Å². The molecule has 0 saturated carbocycles. The molecule has 0 atom stereocenters. The molecule has 1 radical (unpaired) electrons. The van der Waals surface area contributed by atoms with Gasteiger partial charge in [-0.2, -0.15) is 17.7 Å². The molecule has 57 valence electrons. The molecule has 11 heavy (non-hydrogen) atoms. The van der Waals surface area contributed by atoms with E-state index in [0.29, 0.717) is 0 Å². The maximum atomic E-state index is 9.08. The summed E-state index contributed by atoms with van der Waals surface area (Å²) < 4.78 is 0. The van der Waals surface area contributed by atoms with Crippen LogP contribution in [0.1, 0.15) is 18.1 Å². The van der Waals surface area contributed by atoms with Crippen molar-refractivity contribution in [2.45, 2.75) is 20.3 Å². The molecule has 1 rings (SSSR count). The summed E-state index contributed by atoms with van der Waals surface area (Å²) in [4.78, 5) is 0. The molecule has 0 saturated heterocycles. The number of benzene rings is 1. The zero-order valence-corrected chi connectivity index (χ0v) is 9.72. The van der Waals surface area contributed by atoms with Crippen molar-refractivity contribution in [2.24, 2.45) is 0 Å². The predicted octanol–water partition coefficient (Wildman–Crippen LogP) is 2.06. The quantitative estimate of drug-likeness (QED) is 0.724. The Morgan fingerprint density at radius 3 is 2.64 bits per heavy atom. The van der Waals surface area contributed by atoms with Crippen LogP contribution in [0.25, 0.3) is 0 Å². The second kappa shape index (κ2) is 4.89. The third kappa shape index (κ3) is 2.92. The first kappa shape index (κ1) is 11.1. The molecule has 0 heterocycles. The molecule has 0 aromatic heterocycles. The molecule has 0 bridgehead atoms. The van der Waals surface area contributed by atoms with Gasteiger partial charge in [0.2, 0.25) is 0 Å². The molecule has 2 heteroatoms. The Kier molecular flexibility index (Phi) is 4.95. The monoisotopic (exact) mass is 224 g/mol. The van der Waals surface area contributed by atoms with Crippen LogP contribution in [0, 0.1) is 13.0 Å². The summed E-state index contributed by atoms with van der Waals surface area (Å²) in [6.45, 7) is 3.96. The van der Waals surface area contributed by atoms with Gasteiger partial charge in [-0.25, -0.2) is 0 Å². The fraction of sp³-hybridized carbons (Fsp3) is 0.333. The zero-order chi connectivity index (χ0) is 7.56. The van der Waals surface area contributed by atoms with Gasteiger partial charge in [-0.3, -0.25) is 0 Å². The summed E-state index contributed by atoms with van der Waals surface area (Å²) in [5, 5.41) is 9.08. The largest absolute Gasteiger partial charge is 0.534 e. The van der Waals surface area contributed by atoms with Gasteiger partial charge < -0.3 is 5.11 Å². The summed E-state index contributed by atoms with van der Waals surface area (Å²) in [6.07, 6.45) is 0.998. The van der Waals surface area contributed by atoms with Gasteiger partial charge in [0.25, 0.3) is 0 Å². The Morgan fingerprint density at radius 1 is 1.55 bits per heavy atom. The Labute approximate surface area is 92.7 Å². The minimum Gasteiger partial charge on any atom is -0.534 e. The first-order valence-electron chi connectivity index (χ1n) is 3.44. The SMILES string of the molecule is CCc1c[c-]c(O)c(C)c1.[Y]. The summed E-state index contributed by atoms with van der Waals surface area (Å²) in [5.41, 5.74) is 2.12. The fourth-order valence-electron chi connectivity index (χ4n) is 0.867. The van der Waals surface area contributed by atoms with Crippen LogP contribution >= 0.6 is 0 Å². The molecule has 0 aliphatic carbocycles. The van der Waals surface area contributed by atoms with Gasteiger partial charge in [-0.1, -0.05) is 20.3 Å². The average Bonchev–Trinajstić information content (AvgIpc) is 1.95. The van der Waals surface area contributed by atoms with E-state index in [-0.39, 0.29) is 38.5 Å². The smallest absolute Gasteiger partial charge is 0.00685 e. The molecular weight excluding hydrogens is 213 g/mol. The minimum absolute atomic E-state index is 0. The number of phenols is 1. The Balaban J connectivity index is 0.000001000. The summed E-state index contributed by atoms with van der Waals surface area (Å²) in [7, 11) is 0. The molecule has 1 N–H and O–H groups in total. The van der Waals surface area contributed by atoms with Crippen molar-refractivity contribution in [2.75, 3.05) is 0 Å². The van der Waals surface area contributed by atoms with Crippen LogP contribution < -0.4 is 0 Å². The van der Waals surface area contributed by atoms with E-state index in [4.69, 9.17) is 5.11 Å². The molecule has 1 aromatic rings. The molecule has 0 aliphatic rings. The van der Waals surface area contributed by atoms with Crippen LogP contribution in [0.3, 0.4) is 0 Å². The second-order valence-electron chi connectivity index (χ2n) is 2.39. The third-order valence-corrected chi connectivity index (χ3v) is 1.58. The van der Waals surface area contributed by atoms with Crippen LogP contribution in [0.5, 0.6) is 5.75 Å². The number of phenolic OH excluding ortho intramolecular Hbond substituents is 1. The Bertz CT molecular complexity index is 233.